The molecule has 1 aliphatic carbocycles. The van der Waals surface area contributed by atoms with E-state index < -0.39 is 5.60 Å². The Morgan fingerprint density at radius 1 is 1.12 bits per heavy atom. The van der Waals surface area contributed by atoms with Gasteiger partial charge in [-0.1, -0.05) is 12.8 Å². The van der Waals surface area contributed by atoms with Crippen LogP contribution in [-0.2, 0) is 6.54 Å². The lowest BCUT2D eigenvalue weighted by Crippen LogP contribution is -2.31. The molecule has 5 nitrogen and oxygen atoms in total. The van der Waals surface area contributed by atoms with E-state index in [1.165, 1.54) is 0 Å². The van der Waals surface area contributed by atoms with Crippen molar-refractivity contribution >= 4 is 0 Å². The van der Waals surface area contributed by atoms with Gasteiger partial charge in [-0.25, -0.2) is 0 Å². The molecular weight excluding hydrogens is 306 g/mol. The Morgan fingerprint density at radius 3 is 2.46 bits per heavy atom. The highest BCUT2D eigenvalue weighted by molar-refractivity contribution is 5.51. The van der Waals surface area contributed by atoms with Gasteiger partial charge in [0.15, 0.2) is 11.5 Å². The molecule has 1 aliphatic heterocycles. The molecule has 0 aromatic heterocycles. The van der Waals surface area contributed by atoms with E-state index in [2.05, 4.69) is 11.9 Å². The number of rotatable bonds is 6. The average Bonchev–Trinajstić information content (AvgIpc) is 2.88. The molecule has 1 heterocycles. The van der Waals surface area contributed by atoms with Gasteiger partial charge in [-0.2, -0.15) is 0 Å². The maximum atomic E-state index is 10.5. The molecule has 1 fully saturated rings. The Labute approximate surface area is 144 Å². The number of fused-ring (bicyclic) bond motifs is 1. The predicted molar refractivity (Wildman–Crippen MR) is 93.0 cm³/mol. The number of aliphatic hydroxyl groups is 1. The van der Waals surface area contributed by atoms with Crippen LogP contribution in [-0.4, -0.2) is 49.5 Å². The van der Waals surface area contributed by atoms with Gasteiger partial charge in [-0.15, -0.1) is 0 Å². The Kier molecular flexibility index (Phi) is 5.51. The van der Waals surface area contributed by atoms with Crippen LogP contribution in [0.5, 0.6) is 17.2 Å². The molecule has 1 aromatic carbocycles. The van der Waals surface area contributed by atoms with Crippen LogP contribution in [0.15, 0.2) is 12.1 Å². The van der Waals surface area contributed by atoms with Gasteiger partial charge in [0.2, 0.25) is 0 Å². The zero-order valence-electron chi connectivity index (χ0n) is 14.8. The minimum Gasteiger partial charge on any atom is -0.496 e. The fraction of sp³-hybridized carbons (Fsp3) is 0.684. The van der Waals surface area contributed by atoms with Crippen LogP contribution in [0.1, 0.15) is 44.1 Å². The van der Waals surface area contributed by atoms with E-state index in [4.69, 9.17) is 14.2 Å². The van der Waals surface area contributed by atoms with Crippen molar-refractivity contribution in [1.29, 1.82) is 0 Å². The van der Waals surface area contributed by atoms with Gasteiger partial charge in [-0.05, 0) is 32.4 Å². The maximum absolute atomic E-state index is 10.5. The van der Waals surface area contributed by atoms with Crippen LogP contribution in [0.25, 0.3) is 0 Å². The molecular formula is C19H29NO4. The summed E-state index contributed by atoms with van der Waals surface area (Å²) >= 11 is 0. The number of benzene rings is 1. The largest absolute Gasteiger partial charge is 0.496 e. The van der Waals surface area contributed by atoms with Crippen molar-refractivity contribution in [2.75, 3.05) is 33.9 Å². The lowest BCUT2D eigenvalue weighted by atomic mass is 9.98. The average molecular weight is 335 g/mol. The molecule has 24 heavy (non-hydrogen) atoms. The lowest BCUT2D eigenvalue weighted by molar-refractivity contribution is 0.0297. The Balaban J connectivity index is 1.65. The minimum absolute atomic E-state index is 0.455. The van der Waals surface area contributed by atoms with Gasteiger partial charge in [-0.3, -0.25) is 0 Å². The molecule has 1 aromatic rings. The molecule has 0 unspecified atom stereocenters. The Morgan fingerprint density at radius 2 is 1.79 bits per heavy atom. The highest BCUT2D eigenvalue weighted by Crippen LogP contribution is 2.37. The van der Waals surface area contributed by atoms with Crippen LogP contribution in [0.3, 0.4) is 0 Å². The third-order valence-electron chi connectivity index (χ3n) is 5.08. The highest BCUT2D eigenvalue weighted by atomic mass is 16.5. The van der Waals surface area contributed by atoms with Crippen LogP contribution < -0.4 is 14.2 Å². The fourth-order valence-electron chi connectivity index (χ4n) is 3.60. The maximum Gasteiger partial charge on any atom is 0.164 e. The third kappa shape index (κ3) is 4.14. The minimum atomic E-state index is -0.455. The summed E-state index contributed by atoms with van der Waals surface area (Å²) in [5, 5.41) is 10.5. The second kappa shape index (κ2) is 7.62. The second-order valence-electron chi connectivity index (χ2n) is 7.08. The number of hydrogen-bond donors (Lipinski definition) is 1. The topological polar surface area (TPSA) is 51.2 Å². The van der Waals surface area contributed by atoms with Gasteiger partial charge >= 0.3 is 0 Å². The standard InChI is InChI=1S/C19H29NO4/c1-20(9-8-19(21)6-3-4-7-19)14-15-12-17-18(13-16(15)22-2)24-11-5-10-23-17/h12-13,21H,3-11,14H2,1-2H3. The molecule has 134 valence electrons. The van der Waals surface area contributed by atoms with Gasteiger partial charge < -0.3 is 24.2 Å². The van der Waals surface area contributed by atoms with Crippen molar-refractivity contribution in [3.63, 3.8) is 0 Å². The molecule has 0 bridgehead atoms. The molecule has 1 N–H and O–H groups in total. The van der Waals surface area contributed by atoms with E-state index in [1.807, 2.05) is 12.1 Å². The molecule has 0 atom stereocenters. The number of hydrogen-bond acceptors (Lipinski definition) is 5. The van der Waals surface area contributed by atoms with Crippen molar-refractivity contribution in [2.45, 2.75) is 50.7 Å². The summed E-state index contributed by atoms with van der Waals surface area (Å²) in [6, 6.07) is 3.95. The van der Waals surface area contributed by atoms with Crippen LogP contribution in [0, 0.1) is 0 Å². The summed E-state index contributed by atoms with van der Waals surface area (Å²) in [5.41, 5.74) is 0.631. The van der Waals surface area contributed by atoms with E-state index in [9.17, 15) is 5.11 Å². The molecule has 2 aliphatic rings. The number of nitrogens with zero attached hydrogens (tertiary/aromatic N) is 1. The summed E-state index contributed by atoms with van der Waals surface area (Å²) in [6.45, 7) is 2.99. The highest BCUT2D eigenvalue weighted by Gasteiger charge is 2.30. The monoisotopic (exact) mass is 335 g/mol. The van der Waals surface area contributed by atoms with Gasteiger partial charge in [0.1, 0.15) is 5.75 Å². The summed E-state index contributed by atoms with van der Waals surface area (Å²) in [6.07, 6.45) is 5.90. The fourth-order valence-corrected chi connectivity index (χ4v) is 3.60. The van der Waals surface area contributed by atoms with Gasteiger partial charge in [0.05, 0.1) is 25.9 Å². The predicted octanol–water partition coefficient (Wildman–Crippen LogP) is 2.98. The first-order chi connectivity index (χ1) is 11.6. The van der Waals surface area contributed by atoms with Crippen molar-refractivity contribution < 1.29 is 19.3 Å². The van der Waals surface area contributed by atoms with Crippen molar-refractivity contribution in [3.05, 3.63) is 17.7 Å². The third-order valence-corrected chi connectivity index (χ3v) is 5.08. The van der Waals surface area contributed by atoms with E-state index in [-0.39, 0.29) is 0 Å². The zero-order chi connectivity index (χ0) is 17.0. The molecule has 1 saturated carbocycles. The van der Waals surface area contributed by atoms with Gasteiger partial charge in [0, 0.05) is 31.1 Å². The molecule has 3 rings (SSSR count). The van der Waals surface area contributed by atoms with Crippen LogP contribution >= 0.6 is 0 Å². The summed E-state index contributed by atoms with van der Waals surface area (Å²) in [4.78, 5) is 2.23. The summed E-state index contributed by atoms with van der Waals surface area (Å²) in [5.74, 6) is 2.38. The van der Waals surface area contributed by atoms with Crippen LogP contribution in [0.4, 0.5) is 0 Å². The zero-order valence-corrected chi connectivity index (χ0v) is 14.8. The Hall–Kier alpha value is -1.46. The van der Waals surface area contributed by atoms with Crippen molar-refractivity contribution in [2.24, 2.45) is 0 Å². The van der Waals surface area contributed by atoms with Crippen molar-refractivity contribution in [3.8, 4) is 17.2 Å². The first-order valence-electron chi connectivity index (χ1n) is 8.97. The van der Waals surface area contributed by atoms with E-state index in [1.54, 1.807) is 7.11 Å². The van der Waals surface area contributed by atoms with E-state index >= 15 is 0 Å². The normalized spacial score (nSPS) is 19.3. The number of ether oxygens (including phenoxy) is 3. The van der Waals surface area contributed by atoms with Crippen LogP contribution in [0.2, 0.25) is 0 Å². The quantitative estimate of drug-likeness (QED) is 0.866. The number of methoxy groups -OCH3 is 1. The molecule has 0 amide bonds. The van der Waals surface area contributed by atoms with Crippen molar-refractivity contribution in [1.82, 2.24) is 4.90 Å². The smallest absolute Gasteiger partial charge is 0.164 e. The Bertz CT molecular complexity index is 555. The van der Waals surface area contributed by atoms with Gasteiger partial charge in [0.25, 0.3) is 0 Å². The van der Waals surface area contributed by atoms with E-state index in [0.717, 1.165) is 74.4 Å². The first kappa shape index (κ1) is 17.4. The first-order valence-corrected chi connectivity index (χ1v) is 8.97. The molecule has 5 heteroatoms. The summed E-state index contributed by atoms with van der Waals surface area (Å²) in [7, 11) is 3.77. The second-order valence-corrected chi connectivity index (χ2v) is 7.08. The molecule has 0 radical (unpaired) electrons. The molecule has 0 spiro atoms. The summed E-state index contributed by atoms with van der Waals surface area (Å²) < 4.78 is 17.1. The van der Waals surface area contributed by atoms with E-state index in [0.29, 0.717) is 13.2 Å². The lowest BCUT2D eigenvalue weighted by Gasteiger charge is -2.26. The SMILES string of the molecule is COc1cc2c(cc1CN(C)CCC1(O)CCCC1)OCCCO2. The molecule has 0 saturated heterocycles.